The molecule has 1 saturated heterocycles. The van der Waals surface area contributed by atoms with Crippen LogP contribution in [0.25, 0.3) is 33.3 Å². The lowest BCUT2D eigenvalue weighted by molar-refractivity contribution is -0.193. The minimum atomic E-state index is -5.08. The Balaban J connectivity index is 0.000000276. The fourth-order valence-electron chi connectivity index (χ4n) is 3.84. The Kier molecular flexibility index (Phi) is 9.93. The molecule has 0 atom stereocenters. The fourth-order valence-corrected chi connectivity index (χ4v) is 3.84. The summed E-state index contributed by atoms with van der Waals surface area (Å²) in [5, 5.41) is 15.5. The van der Waals surface area contributed by atoms with E-state index in [9.17, 15) is 26.3 Å². The number of ether oxygens (including phenoxy) is 1. The van der Waals surface area contributed by atoms with Crippen LogP contribution in [0, 0.1) is 6.92 Å². The Morgan fingerprint density at radius 3 is 2.17 bits per heavy atom. The normalized spacial score (nSPS) is 14.2. The number of aryl methyl sites for hydroxylation is 1. The summed E-state index contributed by atoms with van der Waals surface area (Å²) >= 11 is 0. The summed E-state index contributed by atoms with van der Waals surface area (Å²) in [4.78, 5) is 36.0. The third-order valence-corrected chi connectivity index (χ3v) is 5.79. The third-order valence-electron chi connectivity index (χ3n) is 5.79. The van der Waals surface area contributed by atoms with E-state index in [1.54, 1.807) is 0 Å². The predicted octanol–water partition coefficient (Wildman–Crippen LogP) is 4.56. The maximum Gasteiger partial charge on any atom is 0.490 e. The molecule has 4 heterocycles. The summed E-state index contributed by atoms with van der Waals surface area (Å²) in [5.41, 5.74) is 6.47. The highest BCUT2D eigenvalue weighted by Gasteiger charge is 2.38. The summed E-state index contributed by atoms with van der Waals surface area (Å²) in [5.74, 6) is -4.63. The van der Waals surface area contributed by atoms with Crippen LogP contribution in [0.15, 0.2) is 36.5 Å². The van der Waals surface area contributed by atoms with Crippen LogP contribution in [0.1, 0.15) is 11.4 Å². The second-order valence-electron chi connectivity index (χ2n) is 8.79. The van der Waals surface area contributed by atoms with Gasteiger partial charge < -0.3 is 24.9 Å². The number of carboxylic acid groups (broad SMARTS) is 2. The van der Waals surface area contributed by atoms with Crippen LogP contribution in [0.3, 0.4) is 0 Å². The lowest BCUT2D eigenvalue weighted by Gasteiger charge is -2.26. The van der Waals surface area contributed by atoms with Crippen molar-refractivity contribution in [3.05, 3.63) is 47.9 Å². The smallest absolute Gasteiger partial charge is 0.475 e. The molecular weight excluding hydrogens is 564 g/mol. The predicted molar refractivity (Wildman–Crippen MR) is 134 cm³/mol. The lowest BCUT2D eigenvalue weighted by Crippen LogP contribution is -2.37. The molecule has 4 aromatic rings. The number of carboxylic acids is 2. The monoisotopic (exact) mass is 589 g/mol. The number of nitrogens with zero attached hydrogens (tertiary/aromatic N) is 3. The highest BCUT2D eigenvalue weighted by atomic mass is 19.4. The molecule has 0 amide bonds. The molecule has 10 nitrogen and oxygen atoms in total. The van der Waals surface area contributed by atoms with Crippen LogP contribution in [0.5, 0.6) is 0 Å². The van der Waals surface area contributed by atoms with E-state index in [0.29, 0.717) is 0 Å². The number of hydrogen-bond donors (Lipinski definition) is 4. The van der Waals surface area contributed by atoms with Crippen LogP contribution in [-0.2, 0) is 20.7 Å². The average Bonchev–Trinajstić information content (AvgIpc) is 3.49. The van der Waals surface area contributed by atoms with Crippen molar-refractivity contribution in [2.24, 2.45) is 0 Å². The molecule has 0 aliphatic carbocycles. The number of nitrogens with one attached hydrogen (secondary N) is 2. The van der Waals surface area contributed by atoms with E-state index in [4.69, 9.17) is 24.5 Å². The number of aliphatic carboxylic acids is 2. The second kappa shape index (κ2) is 13.0. The molecule has 3 aromatic heterocycles. The number of fused-ring (bicyclic) bond motifs is 2. The quantitative estimate of drug-likeness (QED) is 0.254. The van der Waals surface area contributed by atoms with Crippen LogP contribution in [-0.4, -0.2) is 92.2 Å². The molecule has 1 aromatic carbocycles. The summed E-state index contributed by atoms with van der Waals surface area (Å²) in [6.07, 6.45) is -7.29. The topological polar surface area (TPSA) is 144 Å². The molecule has 41 heavy (non-hydrogen) atoms. The first-order valence-electron chi connectivity index (χ1n) is 12.0. The van der Waals surface area contributed by atoms with Crippen molar-refractivity contribution in [1.29, 1.82) is 0 Å². The van der Waals surface area contributed by atoms with Gasteiger partial charge in [0.1, 0.15) is 5.82 Å². The van der Waals surface area contributed by atoms with Gasteiger partial charge in [-0.3, -0.25) is 4.90 Å². The number of rotatable bonds is 4. The molecule has 0 radical (unpaired) electrons. The second-order valence-corrected chi connectivity index (χ2v) is 8.79. The highest BCUT2D eigenvalue weighted by molar-refractivity contribution is 5.94. The van der Waals surface area contributed by atoms with E-state index in [1.807, 2.05) is 19.2 Å². The molecule has 1 aliphatic heterocycles. The van der Waals surface area contributed by atoms with Crippen LogP contribution >= 0.6 is 0 Å². The first kappa shape index (κ1) is 31.3. The Morgan fingerprint density at radius 1 is 0.976 bits per heavy atom. The number of imidazole rings is 1. The molecule has 222 valence electrons. The summed E-state index contributed by atoms with van der Waals surface area (Å²) in [7, 11) is 0. The number of hydrogen-bond acceptors (Lipinski definition) is 6. The van der Waals surface area contributed by atoms with E-state index in [-0.39, 0.29) is 0 Å². The van der Waals surface area contributed by atoms with Crippen molar-refractivity contribution >= 4 is 34.0 Å². The first-order valence-corrected chi connectivity index (χ1v) is 12.0. The van der Waals surface area contributed by atoms with Crippen LogP contribution < -0.4 is 0 Å². The average molecular weight is 589 g/mol. The number of alkyl halides is 6. The number of benzene rings is 1. The molecular formula is C25H25F6N5O5. The van der Waals surface area contributed by atoms with Gasteiger partial charge in [0.15, 0.2) is 5.65 Å². The minimum absolute atomic E-state index is 0.759. The van der Waals surface area contributed by atoms with Crippen LogP contribution in [0.2, 0.25) is 0 Å². The van der Waals surface area contributed by atoms with Gasteiger partial charge in [0.05, 0.1) is 18.7 Å². The Hall–Kier alpha value is -4.18. The maximum absolute atomic E-state index is 10.6. The first-order chi connectivity index (χ1) is 19.1. The standard InChI is InChI=1S/C21H23N5O.2C2HF3O2/c1-14-23-20-17(4-6-22-21(20)24-14)19-13-16-3-2-15(12-18(16)25-19)5-7-26-8-10-27-11-9-26;2*3-2(4,5)1(6)7/h2-4,6,12-13,25H,5,7-11H2,1H3,(H,22,23,24);2*(H,6,7). The van der Waals surface area contributed by atoms with E-state index < -0.39 is 24.3 Å². The van der Waals surface area contributed by atoms with Gasteiger partial charge in [0.25, 0.3) is 0 Å². The van der Waals surface area contributed by atoms with Crippen molar-refractivity contribution in [2.45, 2.75) is 25.7 Å². The molecule has 4 N–H and O–H groups in total. The Labute approximate surface area is 228 Å². The largest absolute Gasteiger partial charge is 0.490 e. The zero-order chi connectivity index (χ0) is 30.4. The van der Waals surface area contributed by atoms with E-state index in [1.165, 1.54) is 16.5 Å². The zero-order valence-corrected chi connectivity index (χ0v) is 21.4. The summed E-state index contributed by atoms with van der Waals surface area (Å²) < 4.78 is 68.9. The van der Waals surface area contributed by atoms with Gasteiger partial charge in [-0.25, -0.2) is 19.6 Å². The minimum Gasteiger partial charge on any atom is -0.475 e. The lowest BCUT2D eigenvalue weighted by atomic mass is 10.1. The number of halogens is 6. The number of pyridine rings is 1. The number of morpholine rings is 1. The Morgan fingerprint density at radius 2 is 1.59 bits per heavy atom. The number of carbonyl (C=O) groups is 2. The van der Waals surface area contributed by atoms with Crippen LogP contribution in [0.4, 0.5) is 26.3 Å². The number of aromatic amines is 2. The molecule has 0 unspecified atom stereocenters. The van der Waals surface area contributed by atoms with Crippen molar-refractivity contribution in [2.75, 3.05) is 32.8 Å². The van der Waals surface area contributed by atoms with E-state index >= 15 is 0 Å². The Bertz CT molecular complexity index is 1470. The van der Waals surface area contributed by atoms with Gasteiger partial charge in [-0.15, -0.1) is 0 Å². The fraction of sp³-hybridized carbons (Fsp3) is 0.360. The van der Waals surface area contributed by atoms with Crippen molar-refractivity contribution in [3.63, 3.8) is 0 Å². The molecule has 0 bridgehead atoms. The van der Waals surface area contributed by atoms with Gasteiger partial charge in [-0.1, -0.05) is 12.1 Å². The van der Waals surface area contributed by atoms with Crippen molar-refractivity contribution < 1.29 is 50.9 Å². The van der Waals surface area contributed by atoms with Gasteiger partial charge in [0, 0.05) is 48.0 Å². The third kappa shape index (κ3) is 8.91. The van der Waals surface area contributed by atoms with Crippen molar-refractivity contribution in [1.82, 2.24) is 24.8 Å². The summed E-state index contributed by atoms with van der Waals surface area (Å²) in [6.45, 7) is 6.82. The van der Waals surface area contributed by atoms with Gasteiger partial charge in [-0.2, -0.15) is 26.3 Å². The molecule has 0 saturated carbocycles. The number of H-pyrrole nitrogens is 2. The van der Waals surface area contributed by atoms with E-state index in [2.05, 4.69) is 49.1 Å². The van der Waals surface area contributed by atoms with Gasteiger partial charge >= 0.3 is 24.3 Å². The SMILES string of the molecule is Cc1nc2nccc(-c3cc4ccc(CCN5CCOCC5)cc4[nH]3)c2[nH]1.O=C(O)C(F)(F)F.O=C(O)C(F)(F)F. The molecule has 1 fully saturated rings. The van der Waals surface area contributed by atoms with Gasteiger partial charge in [0.2, 0.25) is 0 Å². The summed E-state index contributed by atoms with van der Waals surface area (Å²) in [6, 6.07) is 11.0. The maximum atomic E-state index is 10.6. The molecule has 16 heteroatoms. The number of aromatic nitrogens is 4. The molecule has 0 spiro atoms. The van der Waals surface area contributed by atoms with E-state index in [0.717, 1.165) is 67.5 Å². The molecule has 5 rings (SSSR count). The van der Waals surface area contributed by atoms with Gasteiger partial charge in [-0.05, 0) is 37.1 Å². The zero-order valence-electron chi connectivity index (χ0n) is 21.4. The van der Waals surface area contributed by atoms with Crippen molar-refractivity contribution in [3.8, 4) is 11.3 Å². The molecule has 1 aliphatic rings. The highest BCUT2D eigenvalue weighted by Crippen LogP contribution is 2.29.